The summed E-state index contributed by atoms with van der Waals surface area (Å²) >= 11 is 5.97. The summed E-state index contributed by atoms with van der Waals surface area (Å²) in [7, 11) is 0. The van der Waals surface area contributed by atoms with Gasteiger partial charge in [-0.2, -0.15) is 5.10 Å². The molecule has 2 aromatic heterocycles. The fourth-order valence-corrected chi connectivity index (χ4v) is 1.81. The van der Waals surface area contributed by atoms with Crippen LogP contribution in [-0.4, -0.2) is 21.3 Å². The van der Waals surface area contributed by atoms with Crippen molar-refractivity contribution in [1.82, 2.24) is 20.1 Å². The number of hydrogen-bond acceptors (Lipinski definition) is 3. The molecule has 1 N–H and O–H groups in total. The Bertz CT molecular complexity index is 485. The molecule has 4 nitrogen and oxygen atoms in total. The van der Waals surface area contributed by atoms with E-state index in [0.717, 1.165) is 24.5 Å². The van der Waals surface area contributed by atoms with Gasteiger partial charge in [0, 0.05) is 18.9 Å². The molecule has 0 unspecified atom stereocenters. The normalized spacial score (nSPS) is 10.8. The maximum absolute atomic E-state index is 5.97. The van der Waals surface area contributed by atoms with Gasteiger partial charge in [0.05, 0.1) is 23.0 Å². The van der Waals surface area contributed by atoms with Gasteiger partial charge in [-0.05, 0) is 25.1 Å². The van der Waals surface area contributed by atoms with Crippen molar-refractivity contribution in [2.75, 3.05) is 6.54 Å². The minimum absolute atomic E-state index is 0.648. The fourth-order valence-electron chi connectivity index (χ4n) is 1.66. The monoisotopic (exact) mass is 264 g/mol. The lowest BCUT2D eigenvalue weighted by Gasteiger charge is -2.04. The smallest absolute Gasteiger partial charge is 0.0831 e. The van der Waals surface area contributed by atoms with Gasteiger partial charge in [0.1, 0.15) is 0 Å². The standard InChI is InChI=1S/C13H17ClN4/c1-3-15-6-11-4-5-12(16-7-11)8-18-9-13(14)10(2)17-18/h4-5,7,9,15H,3,6,8H2,1-2H3. The van der Waals surface area contributed by atoms with Crippen molar-refractivity contribution in [1.29, 1.82) is 0 Å². The van der Waals surface area contributed by atoms with E-state index in [-0.39, 0.29) is 0 Å². The number of nitrogens with zero attached hydrogens (tertiary/aromatic N) is 3. The highest BCUT2D eigenvalue weighted by molar-refractivity contribution is 6.31. The number of pyridine rings is 1. The van der Waals surface area contributed by atoms with Gasteiger partial charge in [0.2, 0.25) is 0 Å². The molecule has 0 aliphatic heterocycles. The molecule has 96 valence electrons. The quantitative estimate of drug-likeness (QED) is 0.902. The van der Waals surface area contributed by atoms with Crippen LogP contribution in [0.1, 0.15) is 23.9 Å². The van der Waals surface area contributed by atoms with E-state index in [0.29, 0.717) is 11.6 Å². The molecule has 18 heavy (non-hydrogen) atoms. The van der Waals surface area contributed by atoms with Crippen LogP contribution in [0.3, 0.4) is 0 Å². The fraction of sp³-hybridized carbons (Fsp3) is 0.385. The van der Waals surface area contributed by atoms with E-state index in [1.165, 1.54) is 5.56 Å². The second kappa shape index (κ2) is 5.98. The van der Waals surface area contributed by atoms with E-state index in [4.69, 9.17) is 11.6 Å². The van der Waals surface area contributed by atoms with Crippen LogP contribution in [0.25, 0.3) is 0 Å². The van der Waals surface area contributed by atoms with Gasteiger partial charge in [-0.15, -0.1) is 0 Å². The molecular formula is C13H17ClN4. The first kappa shape index (κ1) is 13.1. The minimum Gasteiger partial charge on any atom is -0.313 e. The highest BCUT2D eigenvalue weighted by atomic mass is 35.5. The van der Waals surface area contributed by atoms with Crippen LogP contribution in [-0.2, 0) is 13.1 Å². The summed E-state index contributed by atoms with van der Waals surface area (Å²) in [6.07, 6.45) is 3.72. The number of aromatic nitrogens is 3. The highest BCUT2D eigenvalue weighted by Gasteiger charge is 2.03. The molecule has 0 aliphatic carbocycles. The Morgan fingerprint density at radius 3 is 2.78 bits per heavy atom. The number of halogens is 1. The zero-order chi connectivity index (χ0) is 13.0. The molecule has 2 heterocycles. The lowest BCUT2D eigenvalue weighted by molar-refractivity contribution is 0.663. The Labute approximate surface area is 112 Å². The molecule has 0 atom stereocenters. The summed E-state index contributed by atoms with van der Waals surface area (Å²) < 4.78 is 1.81. The number of rotatable bonds is 5. The Morgan fingerprint density at radius 2 is 2.22 bits per heavy atom. The summed E-state index contributed by atoms with van der Waals surface area (Å²) in [5.74, 6) is 0. The van der Waals surface area contributed by atoms with Crippen LogP contribution in [0.5, 0.6) is 0 Å². The summed E-state index contributed by atoms with van der Waals surface area (Å²) in [6.45, 7) is 6.45. The third-order valence-electron chi connectivity index (χ3n) is 2.68. The molecule has 0 amide bonds. The summed E-state index contributed by atoms with van der Waals surface area (Å²) in [6, 6.07) is 4.11. The predicted octanol–water partition coefficient (Wildman–Crippen LogP) is 2.40. The largest absolute Gasteiger partial charge is 0.313 e. The van der Waals surface area contributed by atoms with Crippen LogP contribution >= 0.6 is 11.6 Å². The first-order valence-corrected chi connectivity index (χ1v) is 6.41. The van der Waals surface area contributed by atoms with E-state index < -0.39 is 0 Å². The SMILES string of the molecule is CCNCc1ccc(Cn2cc(Cl)c(C)n2)nc1. The van der Waals surface area contributed by atoms with Gasteiger partial charge in [0.15, 0.2) is 0 Å². The molecule has 0 saturated carbocycles. The molecule has 2 aromatic rings. The average molecular weight is 265 g/mol. The Morgan fingerprint density at radius 1 is 1.39 bits per heavy atom. The van der Waals surface area contributed by atoms with Crippen LogP contribution in [0, 0.1) is 6.92 Å². The number of aryl methyl sites for hydroxylation is 1. The highest BCUT2D eigenvalue weighted by Crippen LogP contribution is 2.13. The van der Waals surface area contributed by atoms with Crippen molar-refractivity contribution >= 4 is 11.6 Å². The first-order valence-electron chi connectivity index (χ1n) is 6.03. The van der Waals surface area contributed by atoms with Gasteiger partial charge in [0.25, 0.3) is 0 Å². The van der Waals surface area contributed by atoms with E-state index in [9.17, 15) is 0 Å². The summed E-state index contributed by atoms with van der Waals surface area (Å²) in [5, 5.41) is 8.27. The molecule has 2 rings (SSSR count). The van der Waals surface area contributed by atoms with Crippen molar-refractivity contribution in [3.8, 4) is 0 Å². The summed E-state index contributed by atoms with van der Waals surface area (Å²) in [4.78, 5) is 4.42. The Kier molecular flexibility index (Phi) is 4.33. The van der Waals surface area contributed by atoms with Gasteiger partial charge in [-0.1, -0.05) is 24.6 Å². The van der Waals surface area contributed by atoms with E-state index in [1.807, 2.05) is 30.1 Å². The van der Waals surface area contributed by atoms with Crippen LogP contribution in [0.4, 0.5) is 0 Å². The lowest BCUT2D eigenvalue weighted by atomic mass is 10.2. The Hall–Kier alpha value is -1.39. The van der Waals surface area contributed by atoms with Crippen molar-refractivity contribution in [2.45, 2.75) is 26.9 Å². The van der Waals surface area contributed by atoms with Gasteiger partial charge >= 0.3 is 0 Å². The van der Waals surface area contributed by atoms with Crippen molar-refractivity contribution in [3.63, 3.8) is 0 Å². The second-order valence-electron chi connectivity index (χ2n) is 4.20. The van der Waals surface area contributed by atoms with Crippen molar-refractivity contribution in [3.05, 3.63) is 46.5 Å². The number of hydrogen-bond donors (Lipinski definition) is 1. The maximum atomic E-state index is 5.97. The van der Waals surface area contributed by atoms with Crippen LogP contribution in [0.2, 0.25) is 5.02 Å². The Balaban J connectivity index is 2.01. The maximum Gasteiger partial charge on any atom is 0.0831 e. The zero-order valence-electron chi connectivity index (χ0n) is 10.7. The minimum atomic E-state index is 0.648. The molecule has 0 bridgehead atoms. The van der Waals surface area contributed by atoms with Gasteiger partial charge < -0.3 is 5.32 Å². The van der Waals surface area contributed by atoms with Crippen LogP contribution in [0.15, 0.2) is 24.5 Å². The predicted molar refractivity (Wildman–Crippen MR) is 72.7 cm³/mol. The third-order valence-corrected chi connectivity index (χ3v) is 3.05. The number of nitrogens with one attached hydrogen (secondary N) is 1. The molecule has 5 heteroatoms. The first-order chi connectivity index (χ1) is 8.69. The van der Waals surface area contributed by atoms with E-state index >= 15 is 0 Å². The van der Waals surface area contributed by atoms with Crippen LogP contribution < -0.4 is 5.32 Å². The molecule has 0 radical (unpaired) electrons. The summed E-state index contributed by atoms with van der Waals surface area (Å²) in [5.41, 5.74) is 3.02. The molecule has 0 aliphatic rings. The molecule has 0 aromatic carbocycles. The molecule has 0 fully saturated rings. The van der Waals surface area contributed by atoms with E-state index in [2.05, 4.69) is 28.4 Å². The van der Waals surface area contributed by atoms with Gasteiger partial charge in [-0.25, -0.2) is 0 Å². The second-order valence-corrected chi connectivity index (χ2v) is 4.61. The van der Waals surface area contributed by atoms with Crippen molar-refractivity contribution in [2.24, 2.45) is 0 Å². The average Bonchev–Trinajstić information content (AvgIpc) is 2.67. The third kappa shape index (κ3) is 3.31. The zero-order valence-corrected chi connectivity index (χ0v) is 11.4. The molecule has 0 saturated heterocycles. The van der Waals surface area contributed by atoms with Crippen molar-refractivity contribution < 1.29 is 0 Å². The van der Waals surface area contributed by atoms with E-state index in [1.54, 1.807) is 0 Å². The lowest BCUT2D eigenvalue weighted by Crippen LogP contribution is -2.12. The topological polar surface area (TPSA) is 42.7 Å². The molecular weight excluding hydrogens is 248 g/mol. The molecule has 0 spiro atoms. The van der Waals surface area contributed by atoms with Gasteiger partial charge in [-0.3, -0.25) is 9.67 Å².